The zero-order valence-electron chi connectivity index (χ0n) is 43.8. The van der Waals surface area contributed by atoms with Gasteiger partial charge in [0, 0.05) is 12.8 Å². The molecule has 0 aromatic rings. The Bertz CT molecular complexity index is 1170. The number of allylic oxidation sites excluding steroid dienone is 9. The van der Waals surface area contributed by atoms with Gasteiger partial charge in [0.05, 0.1) is 25.2 Å². The summed E-state index contributed by atoms with van der Waals surface area (Å²) < 4.78 is 5.89. The number of carbonyl (C=O) groups is 2. The summed E-state index contributed by atoms with van der Waals surface area (Å²) >= 11 is 0. The van der Waals surface area contributed by atoms with Crippen molar-refractivity contribution in [2.75, 3.05) is 6.61 Å². The van der Waals surface area contributed by atoms with Crippen LogP contribution in [0, 0.1) is 0 Å². The second kappa shape index (κ2) is 53.5. The van der Waals surface area contributed by atoms with E-state index in [1.165, 1.54) is 180 Å². The Morgan fingerprint density at radius 3 is 1.26 bits per heavy atom. The molecule has 66 heavy (non-hydrogen) atoms. The molecule has 1 amide bonds. The summed E-state index contributed by atoms with van der Waals surface area (Å²) in [5, 5.41) is 23.8. The van der Waals surface area contributed by atoms with Crippen molar-refractivity contribution < 1.29 is 24.5 Å². The van der Waals surface area contributed by atoms with Crippen LogP contribution in [0.4, 0.5) is 0 Å². The number of aliphatic hydroxyl groups excluding tert-OH is 2. The summed E-state index contributed by atoms with van der Waals surface area (Å²) in [5.41, 5.74) is 0. The highest BCUT2D eigenvalue weighted by Crippen LogP contribution is 2.17. The number of nitrogens with one attached hydrogen (secondary N) is 1. The first-order chi connectivity index (χ1) is 32.5. The van der Waals surface area contributed by atoms with Crippen molar-refractivity contribution in [2.45, 2.75) is 302 Å². The first-order valence-electron chi connectivity index (χ1n) is 28.5. The average molecular weight is 925 g/mol. The van der Waals surface area contributed by atoms with E-state index in [4.69, 9.17) is 4.74 Å². The minimum atomic E-state index is -0.813. The smallest absolute Gasteiger partial charge is 0.306 e. The van der Waals surface area contributed by atoms with Crippen molar-refractivity contribution in [3.63, 3.8) is 0 Å². The van der Waals surface area contributed by atoms with E-state index in [0.29, 0.717) is 19.3 Å². The fraction of sp³-hybridized carbons (Fsp3) is 0.800. The highest BCUT2D eigenvalue weighted by atomic mass is 16.5. The van der Waals surface area contributed by atoms with Crippen LogP contribution in [0.1, 0.15) is 284 Å². The van der Waals surface area contributed by atoms with Crippen molar-refractivity contribution >= 4 is 11.9 Å². The third-order valence-electron chi connectivity index (χ3n) is 12.8. The Morgan fingerprint density at radius 2 is 0.803 bits per heavy atom. The molecule has 0 radical (unpaired) electrons. The van der Waals surface area contributed by atoms with Gasteiger partial charge in [-0.05, 0) is 70.6 Å². The van der Waals surface area contributed by atoms with Gasteiger partial charge in [-0.3, -0.25) is 9.59 Å². The normalized spacial score (nSPS) is 13.6. The maximum Gasteiger partial charge on any atom is 0.306 e. The van der Waals surface area contributed by atoms with Gasteiger partial charge in [0.2, 0.25) is 5.91 Å². The molecule has 0 aromatic carbocycles. The molecule has 0 aliphatic rings. The van der Waals surface area contributed by atoms with Gasteiger partial charge in [0.1, 0.15) is 6.10 Å². The van der Waals surface area contributed by atoms with Gasteiger partial charge in [-0.1, -0.05) is 255 Å². The summed E-state index contributed by atoms with van der Waals surface area (Å²) in [6, 6.07) is -0.733. The van der Waals surface area contributed by atoms with E-state index in [2.05, 4.69) is 80.8 Å². The van der Waals surface area contributed by atoms with Crippen LogP contribution < -0.4 is 5.32 Å². The fourth-order valence-electron chi connectivity index (χ4n) is 8.46. The Kier molecular flexibility index (Phi) is 51.5. The molecular weight excluding hydrogens is 815 g/mol. The molecule has 3 atom stereocenters. The topological polar surface area (TPSA) is 95.9 Å². The van der Waals surface area contributed by atoms with Crippen LogP contribution in [0.2, 0.25) is 0 Å². The van der Waals surface area contributed by atoms with E-state index in [-0.39, 0.29) is 24.9 Å². The molecule has 0 heterocycles. The predicted molar refractivity (Wildman–Crippen MR) is 287 cm³/mol. The Balaban J connectivity index is 4.66. The second-order valence-electron chi connectivity index (χ2n) is 19.3. The molecule has 0 bridgehead atoms. The summed E-state index contributed by atoms with van der Waals surface area (Å²) in [4.78, 5) is 26.2. The molecule has 6 heteroatoms. The summed E-state index contributed by atoms with van der Waals surface area (Å²) in [6.45, 7) is 6.45. The standard InChI is InChI=1S/C60H109NO5/c1-4-7-10-13-16-19-22-25-28-29-32-35-38-41-44-47-50-53-60(65)66-56(51-48-45-42-39-36-33-30-26-23-20-17-14-11-8-5-2)54-59(64)61-57(55-62)58(63)52-49-46-43-40-37-34-31-27-24-21-18-15-12-9-6-3/h17,20,25-26,28,30,36,39,45,48,56-58,62-63H,4-16,18-19,21-24,27,29,31-35,37-38,40-44,46-47,49-55H2,1-3H3,(H,61,64)/b20-17-,28-25+,30-26-,39-36-,48-45-. The van der Waals surface area contributed by atoms with Crippen LogP contribution in [-0.4, -0.2) is 46.9 Å². The fourth-order valence-corrected chi connectivity index (χ4v) is 8.46. The molecule has 3 unspecified atom stereocenters. The number of aliphatic hydroxyl groups is 2. The predicted octanol–water partition coefficient (Wildman–Crippen LogP) is 17.6. The lowest BCUT2D eigenvalue weighted by Gasteiger charge is -2.24. The van der Waals surface area contributed by atoms with E-state index >= 15 is 0 Å². The monoisotopic (exact) mass is 924 g/mol. The molecule has 0 saturated heterocycles. The third kappa shape index (κ3) is 48.0. The van der Waals surface area contributed by atoms with Gasteiger partial charge in [-0.2, -0.15) is 0 Å². The van der Waals surface area contributed by atoms with Crippen LogP contribution in [0.5, 0.6) is 0 Å². The second-order valence-corrected chi connectivity index (χ2v) is 19.3. The molecule has 0 saturated carbocycles. The summed E-state index contributed by atoms with van der Waals surface area (Å²) in [7, 11) is 0. The van der Waals surface area contributed by atoms with Gasteiger partial charge < -0.3 is 20.3 Å². The zero-order chi connectivity index (χ0) is 48.1. The first kappa shape index (κ1) is 63.6. The molecule has 0 fully saturated rings. The lowest BCUT2D eigenvalue weighted by atomic mass is 10.0. The number of rotatable bonds is 51. The molecule has 0 aliphatic carbocycles. The van der Waals surface area contributed by atoms with E-state index in [1.54, 1.807) is 0 Å². The van der Waals surface area contributed by atoms with Crippen LogP contribution in [0.25, 0.3) is 0 Å². The first-order valence-corrected chi connectivity index (χ1v) is 28.5. The zero-order valence-corrected chi connectivity index (χ0v) is 43.8. The average Bonchev–Trinajstić information content (AvgIpc) is 3.31. The van der Waals surface area contributed by atoms with E-state index in [1.807, 2.05) is 6.08 Å². The van der Waals surface area contributed by atoms with Crippen molar-refractivity contribution in [3.05, 3.63) is 60.8 Å². The molecule has 6 nitrogen and oxygen atoms in total. The molecular formula is C60H109NO5. The van der Waals surface area contributed by atoms with Gasteiger partial charge >= 0.3 is 5.97 Å². The molecule has 0 aliphatic heterocycles. The largest absolute Gasteiger partial charge is 0.461 e. The molecule has 0 spiro atoms. The van der Waals surface area contributed by atoms with Gasteiger partial charge in [-0.15, -0.1) is 0 Å². The van der Waals surface area contributed by atoms with E-state index < -0.39 is 18.2 Å². The molecule has 0 aromatic heterocycles. The quantitative estimate of drug-likeness (QED) is 0.0321. The Hall–Kier alpha value is -2.44. The van der Waals surface area contributed by atoms with Gasteiger partial charge in [-0.25, -0.2) is 0 Å². The van der Waals surface area contributed by atoms with Crippen molar-refractivity contribution in [3.8, 4) is 0 Å². The van der Waals surface area contributed by atoms with Crippen LogP contribution >= 0.6 is 0 Å². The Labute approximate surface area is 409 Å². The van der Waals surface area contributed by atoms with Gasteiger partial charge in [0.25, 0.3) is 0 Å². The number of ether oxygens (including phenoxy) is 1. The van der Waals surface area contributed by atoms with Crippen LogP contribution in [-0.2, 0) is 14.3 Å². The minimum absolute atomic E-state index is 0.000177. The SMILES string of the molecule is CCCCC/C=C\C/C=C\C/C=C\C/C=C\CC(CC(=O)NC(CO)C(O)CCCCCCCCCCCCCCCCC)OC(=O)CCCCCCCCC/C=C/CCCCCCCC. The third-order valence-corrected chi connectivity index (χ3v) is 12.8. The highest BCUT2D eigenvalue weighted by molar-refractivity contribution is 5.77. The summed E-state index contributed by atoms with van der Waals surface area (Å²) in [5.74, 6) is -0.574. The van der Waals surface area contributed by atoms with E-state index in [9.17, 15) is 19.8 Å². The molecule has 3 N–H and O–H groups in total. The number of hydrogen-bond acceptors (Lipinski definition) is 5. The van der Waals surface area contributed by atoms with Crippen molar-refractivity contribution in [1.82, 2.24) is 5.32 Å². The number of esters is 1. The number of amides is 1. The number of hydrogen-bond donors (Lipinski definition) is 3. The molecule has 384 valence electrons. The lowest BCUT2D eigenvalue weighted by molar-refractivity contribution is -0.150. The van der Waals surface area contributed by atoms with Crippen LogP contribution in [0.15, 0.2) is 60.8 Å². The highest BCUT2D eigenvalue weighted by Gasteiger charge is 2.23. The lowest BCUT2D eigenvalue weighted by Crippen LogP contribution is -2.46. The maximum atomic E-state index is 13.2. The Morgan fingerprint density at radius 1 is 0.455 bits per heavy atom. The summed E-state index contributed by atoms with van der Waals surface area (Å²) in [6.07, 6.45) is 67.3. The maximum absolute atomic E-state index is 13.2. The molecule has 0 rings (SSSR count). The van der Waals surface area contributed by atoms with Crippen molar-refractivity contribution in [2.24, 2.45) is 0 Å². The van der Waals surface area contributed by atoms with Crippen molar-refractivity contribution in [1.29, 1.82) is 0 Å². The van der Waals surface area contributed by atoms with Gasteiger partial charge in [0.15, 0.2) is 0 Å². The number of carbonyl (C=O) groups excluding carboxylic acids is 2. The van der Waals surface area contributed by atoms with E-state index in [0.717, 1.165) is 57.8 Å². The number of unbranched alkanes of at least 4 members (excludes halogenated alkanes) is 30. The van der Waals surface area contributed by atoms with Crippen LogP contribution in [0.3, 0.4) is 0 Å². The minimum Gasteiger partial charge on any atom is -0.461 e.